The van der Waals surface area contributed by atoms with Gasteiger partial charge in [0.15, 0.2) is 0 Å². The monoisotopic (exact) mass is 268 g/mol. The molecular formula is C18H24N2. The van der Waals surface area contributed by atoms with Gasteiger partial charge in [-0.1, -0.05) is 48.5 Å². The first kappa shape index (κ1) is 14.6. The van der Waals surface area contributed by atoms with Crippen molar-refractivity contribution in [2.24, 2.45) is 5.73 Å². The van der Waals surface area contributed by atoms with Crippen LogP contribution in [0.4, 0.5) is 5.69 Å². The van der Waals surface area contributed by atoms with Gasteiger partial charge in [0.2, 0.25) is 0 Å². The third-order valence-corrected chi connectivity index (χ3v) is 3.84. The predicted molar refractivity (Wildman–Crippen MR) is 87.0 cm³/mol. The SMILES string of the molecule is Cc1ccccc1NC(C)(CN)CCc1ccccc1. The van der Waals surface area contributed by atoms with Gasteiger partial charge in [-0.15, -0.1) is 0 Å². The summed E-state index contributed by atoms with van der Waals surface area (Å²) in [6.07, 6.45) is 2.05. The molecule has 0 radical (unpaired) electrons. The highest BCUT2D eigenvalue weighted by Crippen LogP contribution is 2.22. The van der Waals surface area contributed by atoms with E-state index in [4.69, 9.17) is 5.73 Å². The largest absolute Gasteiger partial charge is 0.378 e. The van der Waals surface area contributed by atoms with E-state index in [1.165, 1.54) is 16.8 Å². The zero-order valence-corrected chi connectivity index (χ0v) is 12.4. The fourth-order valence-electron chi connectivity index (χ4n) is 2.32. The fourth-order valence-corrected chi connectivity index (χ4v) is 2.32. The van der Waals surface area contributed by atoms with Crippen molar-refractivity contribution in [1.29, 1.82) is 0 Å². The van der Waals surface area contributed by atoms with E-state index in [-0.39, 0.29) is 5.54 Å². The van der Waals surface area contributed by atoms with E-state index in [2.05, 4.69) is 73.8 Å². The Hall–Kier alpha value is -1.80. The number of benzene rings is 2. The van der Waals surface area contributed by atoms with Gasteiger partial charge in [-0.3, -0.25) is 0 Å². The highest BCUT2D eigenvalue weighted by Gasteiger charge is 2.22. The van der Waals surface area contributed by atoms with Crippen LogP contribution in [-0.4, -0.2) is 12.1 Å². The van der Waals surface area contributed by atoms with Crippen LogP contribution in [0, 0.1) is 6.92 Å². The van der Waals surface area contributed by atoms with Gasteiger partial charge in [0.1, 0.15) is 0 Å². The van der Waals surface area contributed by atoms with Crippen LogP contribution in [0.15, 0.2) is 54.6 Å². The van der Waals surface area contributed by atoms with Crippen LogP contribution in [0.25, 0.3) is 0 Å². The summed E-state index contributed by atoms with van der Waals surface area (Å²) in [5.74, 6) is 0. The Morgan fingerprint density at radius 2 is 1.65 bits per heavy atom. The molecule has 2 aromatic rings. The van der Waals surface area contributed by atoms with Gasteiger partial charge in [0.25, 0.3) is 0 Å². The zero-order valence-electron chi connectivity index (χ0n) is 12.4. The Morgan fingerprint density at radius 1 is 1.00 bits per heavy atom. The highest BCUT2D eigenvalue weighted by molar-refractivity contribution is 5.52. The molecule has 1 atom stereocenters. The van der Waals surface area contributed by atoms with Crippen molar-refractivity contribution in [3.05, 3.63) is 65.7 Å². The van der Waals surface area contributed by atoms with Gasteiger partial charge in [0.05, 0.1) is 0 Å². The molecule has 20 heavy (non-hydrogen) atoms. The molecule has 2 rings (SSSR count). The molecule has 0 aliphatic rings. The summed E-state index contributed by atoms with van der Waals surface area (Å²) in [6.45, 7) is 4.94. The zero-order chi connectivity index (χ0) is 14.4. The molecule has 0 amide bonds. The van der Waals surface area contributed by atoms with Crippen LogP contribution >= 0.6 is 0 Å². The molecule has 0 heterocycles. The maximum Gasteiger partial charge on any atom is 0.0470 e. The van der Waals surface area contributed by atoms with Crippen LogP contribution in [0.3, 0.4) is 0 Å². The van der Waals surface area contributed by atoms with Crippen LogP contribution < -0.4 is 11.1 Å². The lowest BCUT2D eigenvalue weighted by Gasteiger charge is -2.31. The van der Waals surface area contributed by atoms with Crippen LogP contribution in [0.5, 0.6) is 0 Å². The lowest BCUT2D eigenvalue weighted by atomic mass is 9.92. The summed E-state index contributed by atoms with van der Waals surface area (Å²) >= 11 is 0. The average Bonchev–Trinajstić information content (AvgIpc) is 2.49. The summed E-state index contributed by atoms with van der Waals surface area (Å²) in [5, 5.41) is 3.62. The maximum atomic E-state index is 6.01. The van der Waals surface area contributed by atoms with Gasteiger partial charge < -0.3 is 11.1 Å². The second-order valence-electron chi connectivity index (χ2n) is 5.69. The molecule has 0 aromatic heterocycles. The molecule has 0 fully saturated rings. The van der Waals surface area contributed by atoms with Crippen LogP contribution in [0.2, 0.25) is 0 Å². The van der Waals surface area contributed by atoms with Gasteiger partial charge in [-0.25, -0.2) is 0 Å². The summed E-state index contributed by atoms with van der Waals surface area (Å²) in [4.78, 5) is 0. The van der Waals surface area contributed by atoms with E-state index >= 15 is 0 Å². The first-order valence-electron chi connectivity index (χ1n) is 7.21. The van der Waals surface area contributed by atoms with Crippen LogP contribution in [0.1, 0.15) is 24.5 Å². The number of nitrogens with two attached hydrogens (primary N) is 1. The number of anilines is 1. The Balaban J connectivity index is 2.04. The number of hydrogen-bond acceptors (Lipinski definition) is 2. The summed E-state index contributed by atoms with van der Waals surface area (Å²) in [5.41, 5.74) is 9.72. The van der Waals surface area contributed by atoms with E-state index in [0.717, 1.165) is 12.8 Å². The van der Waals surface area contributed by atoms with E-state index in [0.29, 0.717) is 6.54 Å². The maximum absolute atomic E-state index is 6.01. The second kappa shape index (κ2) is 6.58. The first-order valence-corrected chi connectivity index (χ1v) is 7.21. The highest BCUT2D eigenvalue weighted by atomic mass is 15.0. The molecule has 0 saturated heterocycles. The quantitative estimate of drug-likeness (QED) is 0.837. The van der Waals surface area contributed by atoms with Crippen molar-refractivity contribution in [1.82, 2.24) is 0 Å². The number of nitrogens with one attached hydrogen (secondary N) is 1. The van der Waals surface area contributed by atoms with Crippen molar-refractivity contribution in [2.45, 2.75) is 32.2 Å². The molecule has 0 saturated carbocycles. The Bertz CT molecular complexity index is 536. The molecule has 106 valence electrons. The average molecular weight is 268 g/mol. The fraction of sp³-hybridized carbons (Fsp3) is 0.333. The minimum Gasteiger partial charge on any atom is -0.378 e. The van der Waals surface area contributed by atoms with E-state index in [1.54, 1.807) is 0 Å². The van der Waals surface area contributed by atoms with Crippen molar-refractivity contribution in [3.8, 4) is 0 Å². The molecule has 2 heteroatoms. The summed E-state index contributed by atoms with van der Waals surface area (Å²) in [7, 11) is 0. The van der Waals surface area contributed by atoms with Crippen LogP contribution in [-0.2, 0) is 6.42 Å². The predicted octanol–water partition coefficient (Wildman–Crippen LogP) is 3.76. The summed E-state index contributed by atoms with van der Waals surface area (Å²) < 4.78 is 0. The summed E-state index contributed by atoms with van der Waals surface area (Å²) in [6, 6.07) is 18.9. The number of aryl methyl sites for hydroxylation is 2. The normalized spacial score (nSPS) is 13.8. The second-order valence-corrected chi connectivity index (χ2v) is 5.69. The Morgan fingerprint density at radius 3 is 2.30 bits per heavy atom. The smallest absolute Gasteiger partial charge is 0.0470 e. The Kier molecular flexibility index (Phi) is 4.80. The standard InChI is InChI=1S/C18H24N2/c1-15-8-6-7-11-17(15)20-18(2,14-19)13-12-16-9-4-3-5-10-16/h3-11,20H,12-14,19H2,1-2H3. The van der Waals surface area contributed by atoms with E-state index in [9.17, 15) is 0 Å². The topological polar surface area (TPSA) is 38.0 Å². The Labute approximate surface area is 122 Å². The van der Waals surface area contributed by atoms with Gasteiger partial charge >= 0.3 is 0 Å². The van der Waals surface area contributed by atoms with Crippen molar-refractivity contribution in [2.75, 3.05) is 11.9 Å². The van der Waals surface area contributed by atoms with Crippen molar-refractivity contribution < 1.29 is 0 Å². The van der Waals surface area contributed by atoms with Gasteiger partial charge in [-0.2, -0.15) is 0 Å². The van der Waals surface area contributed by atoms with Gasteiger partial charge in [0, 0.05) is 17.8 Å². The lowest BCUT2D eigenvalue weighted by Crippen LogP contribution is -2.43. The van der Waals surface area contributed by atoms with Crippen molar-refractivity contribution >= 4 is 5.69 Å². The van der Waals surface area contributed by atoms with Crippen molar-refractivity contribution in [3.63, 3.8) is 0 Å². The molecule has 0 spiro atoms. The molecule has 1 unspecified atom stereocenters. The van der Waals surface area contributed by atoms with E-state index < -0.39 is 0 Å². The molecular weight excluding hydrogens is 244 g/mol. The lowest BCUT2D eigenvalue weighted by molar-refractivity contribution is 0.482. The molecule has 0 bridgehead atoms. The molecule has 2 nitrogen and oxygen atoms in total. The minimum absolute atomic E-state index is 0.0814. The molecule has 3 N–H and O–H groups in total. The first-order chi connectivity index (χ1) is 9.63. The minimum atomic E-state index is -0.0814. The number of hydrogen-bond donors (Lipinski definition) is 2. The number of para-hydroxylation sites is 1. The molecule has 2 aromatic carbocycles. The third-order valence-electron chi connectivity index (χ3n) is 3.84. The number of rotatable bonds is 6. The van der Waals surface area contributed by atoms with Gasteiger partial charge in [-0.05, 0) is 43.9 Å². The van der Waals surface area contributed by atoms with E-state index in [1.807, 2.05) is 0 Å². The third kappa shape index (κ3) is 3.84. The molecule has 0 aliphatic carbocycles. The molecule has 0 aliphatic heterocycles.